The third kappa shape index (κ3) is 3.15. The van der Waals surface area contributed by atoms with E-state index in [1.54, 1.807) is 12.1 Å². The summed E-state index contributed by atoms with van der Waals surface area (Å²) < 4.78 is 6.61. The highest BCUT2D eigenvalue weighted by Crippen LogP contribution is 2.33. The van der Waals surface area contributed by atoms with Crippen molar-refractivity contribution in [1.82, 2.24) is 9.97 Å². The number of nitrogens with one attached hydrogen (secondary N) is 1. The Kier molecular flexibility index (Phi) is 4.57. The molecule has 0 atom stereocenters. The van der Waals surface area contributed by atoms with E-state index in [4.69, 9.17) is 22.2 Å². The third-order valence-corrected chi connectivity index (χ3v) is 3.29. The first-order valence-corrected chi connectivity index (χ1v) is 6.76. The number of nitrogen functional groups attached to an aromatic ring is 1. The smallest absolute Gasteiger partial charge is 0.227 e. The fourth-order valence-electron chi connectivity index (χ4n) is 1.59. The monoisotopic (exact) mass is 342 g/mol. The highest BCUT2D eigenvalue weighted by atomic mass is 79.9. The van der Waals surface area contributed by atoms with Crippen LogP contribution in [0, 0.1) is 0 Å². The van der Waals surface area contributed by atoms with Gasteiger partial charge in [0.25, 0.3) is 0 Å². The van der Waals surface area contributed by atoms with Crippen LogP contribution < -0.4 is 16.0 Å². The van der Waals surface area contributed by atoms with E-state index in [0.29, 0.717) is 28.9 Å². The largest absolute Gasteiger partial charge is 0.437 e. The zero-order valence-corrected chi connectivity index (χ0v) is 12.5. The zero-order chi connectivity index (χ0) is 13.8. The average Bonchev–Trinajstić information content (AvgIpc) is 2.41. The molecule has 1 aromatic carbocycles. The molecule has 2 aromatic rings. The highest BCUT2D eigenvalue weighted by molar-refractivity contribution is 9.10. The molecule has 0 aliphatic rings. The number of nitrogens with two attached hydrogens (primary N) is 1. The standard InChI is InChI=1S/C12H12BrClN4O/c1-2-8-11(18-15)16-6-17-12(8)19-10-4-3-7(13)5-9(10)14/h3-6H,2,15H2,1H3,(H,16,17,18). The van der Waals surface area contributed by atoms with Gasteiger partial charge in [0, 0.05) is 4.47 Å². The summed E-state index contributed by atoms with van der Waals surface area (Å²) in [7, 11) is 0. The van der Waals surface area contributed by atoms with Gasteiger partial charge in [-0.1, -0.05) is 34.5 Å². The molecular formula is C12H12BrClN4O. The summed E-state index contributed by atoms with van der Waals surface area (Å²) >= 11 is 9.45. The van der Waals surface area contributed by atoms with Crippen molar-refractivity contribution in [2.45, 2.75) is 13.3 Å². The van der Waals surface area contributed by atoms with Crippen LogP contribution in [0.3, 0.4) is 0 Å². The summed E-state index contributed by atoms with van der Waals surface area (Å²) in [6.07, 6.45) is 2.07. The van der Waals surface area contributed by atoms with Crippen LogP contribution in [0.5, 0.6) is 11.6 Å². The molecule has 1 aromatic heterocycles. The number of nitrogens with zero attached hydrogens (tertiary/aromatic N) is 2. The molecule has 0 amide bonds. The molecule has 0 bridgehead atoms. The number of hydrogen-bond donors (Lipinski definition) is 2. The van der Waals surface area contributed by atoms with Gasteiger partial charge < -0.3 is 10.2 Å². The minimum atomic E-state index is 0.440. The minimum Gasteiger partial charge on any atom is -0.437 e. The van der Waals surface area contributed by atoms with E-state index in [2.05, 4.69) is 31.3 Å². The van der Waals surface area contributed by atoms with Crippen molar-refractivity contribution < 1.29 is 4.74 Å². The normalized spacial score (nSPS) is 10.3. The second kappa shape index (κ2) is 6.18. The summed E-state index contributed by atoms with van der Waals surface area (Å²) in [6.45, 7) is 1.97. The molecule has 0 unspecified atom stereocenters. The molecule has 2 rings (SSSR count). The maximum Gasteiger partial charge on any atom is 0.227 e. The Morgan fingerprint density at radius 2 is 2.21 bits per heavy atom. The number of halogens is 2. The van der Waals surface area contributed by atoms with Gasteiger partial charge in [-0.3, -0.25) is 0 Å². The van der Waals surface area contributed by atoms with Crippen molar-refractivity contribution in [3.63, 3.8) is 0 Å². The molecule has 0 radical (unpaired) electrons. The molecule has 0 aliphatic carbocycles. The predicted molar refractivity (Wildman–Crippen MR) is 78.4 cm³/mol. The SMILES string of the molecule is CCc1c(NN)ncnc1Oc1ccc(Br)cc1Cl. The van der Waals surface area contributed by atoms with E-state index in [9.17, 15) is 0 Å². The molecule has 100 valence electrons. The number of ether oxygens (including phenoxy) is 1. The maximum atomic E-state index is 6.11. The van der Waals surface area contributed by atoms with Crippen molar-refractivity contribution in [3.8, 4) is 11.6 Å². The van der Waals surface area contributed by atoms with Gasteiger partial charge in [-0.15, -0.1) is 0 Å². The molecule has 19 heavy (non-hydrogen) atoms. The van der Waals surface area contributed by atoms with Crippen molar-refractivity contribution >= 4 is 33.3 Å². The number of hydrogen-bond acceptors (Lipinski definition) is 5. The third-order valence-electron chi connectivity index (χ3n) is 2.50. The number of aromatic nitrogens is 2. The minimum absolute atomic E-state index is 0.440. The lowest BCUT2D eigenvalue weighted by atomic mass is 10.2. The first kappa shape index (κ1) is 14.0. The van der Waals surface area contributed by atoms with Crippen LogP contribution in [0.4, 0.5) is 5.82 Å². The summed E-state index contributed by atoms with van der Waals surface area (Å²) in [5.74, 6) is 6.92. The first-order valence-electron chi connectivity index (χ1n) is 5.59. The number of rotatable bonds is 4. The van der Waals surface area contributed by atoms with Gasteiger partial charge in [0.05, 0.1) is 10.6 Å². The Labute approximate surface area is 124 Å². The van der Waals surface area contributed by atoms with Gasteiger partial charge in [0.2, 0.25) is 5.88 Å². The van der Waals surface area contributed by atoms with Crippen LogP contribution in [-0.2, 0) is 6.42 Å². The second-order valence-electron chi connectivity index (χ2n) is 3.68. The molecular weight excluding hydrogens is 332 g/mol. The van der Waals surface area contributed by atoms with E-state index in [1.807, 2.05) is 13.0 Å². The maximum absolute atomic E-state index is 6.11. The average molecular weight is 344 g/mol. The zero-order valence-electron chi connectivity index (χ0n) is 10.2. The molecule has 0 fully saturated rings. The van der Waals surface area contributed by atoms with Gasteiger partial charge in [0.15, 0.2) is 0 Å². The molecule has 0 saturated heterocycles. The fraction of sp³-hybridized carbons (Fsp3) is 0.167. The summed E-state index contributed by atoms with van der Waals surface area (Å²) in [5, 5.41) is 0.497. The quantitative estimate of drug-likeness (QED) is 0.656. The van der Waals surface area contributed by atoms with E-state index in [0.717, 1.165) is 10.0 Å². The predicted octanol–water partition coefficient (Wildman–Crippen LogP) is 3.53. The number of anilines is 1. The van der Waals surface area contributed by atoms with Crippen LogP contribution in [0.15, 0.2) is 29.0 Å². The summed E-state index contributed by atoms with van der Waals surface area (Å²) in [5.41, 5.74) is 3.32. The molecule has 0 spiro atoms. The van der Waals surface area contributed by atoms with Gasteiger partial charge in [-0.05, 0) is 24.6 Å². The van der Waals surface area contributed by atoms with Crippen LogP contribution in [-0.4, -0.2) is 9.97 Å². The van der Waals surface area contributed by atoms with E-state index >= 15 is 0 Å². The Morgan fingerprint density at radius 1 is 1.42 bits per heavy atom. The van der Waals surface area contributed by atoms with Gasteiger partial charge >= 0.3 is 0 Å². The van der Waals surface area contributed by atoms with Gasteiger partial charge in [-0.2, -0.15) is 0 Å². The van der Waals surface area contributed by atoms with Crippen molar-refractivity contribution in [2.24, 2.45) is 5.84 Å². The lowest BCUT2D eigenvalue weighted by molar-refractivity contribution is 0.455. The first-order chi connectivity index (χ1) is 9.15. The van der Waals surface area contributed by atoms with E-state index < -0.39 is 0 Å². The van der Waals surface area contributed by atoms with Gasteiger partial charge in [0.1, 0.15) is 17.9 Å². The Morgan fingerprint density at radius 3 is 2.84 bits per heavy atom. The number of benzene rings is 1. The summed E-state index contributed by atoms with van der Waals surface area (Å²) in [4.78, 5) is 8.16. The summed E-state index contributed by atoms with van der Waals surface area (Å²) in [6, 6.07) is 5.37. The van der Waals surface area contributed by atoms with Gasteiger partial charge in [-0.25, -0.2) is 15.8 Å². The van der Waals surface area contributed by atoms with E-state index in [1.165, 1.54) is 6.33 Å². The fourth-order valence-corrected chi connectivity index (χ4v) is 2.30. The lowest BCUT2D eigenvalue weighted by Crippen LogP contribution is -2.12. The van der Waals surface area contributed by atoms with Crippen LogP contribution >= 0.6 is 27.5 Å². The van der Waals surface area contributed by atoms with Crippen LogP contribution in [0.1, 0.15) is 12.5 Å². The Bertz CT molecular complexity index is 594. The molecule has 3 N–H and O–H groups in total. The lowest BCUT2D eigenvalue weighted by Gasteiger charge is -2.12. The molecule has 0 saturated carbocycles. The highest BCUT2D eigenvalue weighted by Gasteiger charge is 2.12. The Hall–Kier alpha value is -1.37. The molecule has 0 aliphatic heterocycles. The second-order valence-corrected chi connectivity index (χ2v) is 5.00. The molecule has 1 heterocycles. The molecule has 7 heteroatoms. The topological polar surface area (TPSA) is 73.1 Å². The Balaban J connectivity index is 2.37. The van der Waals surface area contributed by atoms with Crippen molar-refractivity contribution in [1.29, 1.82) is 0 Å². The van der Waals surface area contributed by atoms with Crippen LogP contribution in [0.2, 0.25) is 5.02 Å². The number of hydrazine groups is 1. The molecule has 5 nitrogen and oxygen atoms in total. The van der Waals surface area contributed by atoms with Crippen molar-refractivity contribution in [2.75, 3.05) is 5.43 Å². The van der Waals surface area contributed by atoms with E-state index in [-0.39, 0.29) is 0 Å². The van der Waals surface area contributed by atoms with Crippen LogP contribution in [0.25, 0.3) is 0 Å². The van der Waals surface area contributed by atoms with Crippen molar-refractivity contribution in [3.05, 3.63) is 39.6 Å².